The molecule has 9 nitrogen and oxygen atoms in total. The van der Waals surface area contributed by atoms with Gasteiger partial charge in [-0.2, -0.15) is 0 Å². The third-order valence-electron chi connectivity index (χ3n) is 5.88. The minimum absolute atomic E-state index is 0.134. The number of carbonyl (C=O) groups is 3. The van der Waals surface area contributed by atoms with E-state index in [1.807, 2.05) is 18.4 Å². The number of aryl methyl sites for hydroxylation is 1. The molecule has 0 aromatic carbocycles. The van der Waals surface area contributed by atoms with Crippen LogP contribution in [0.4, 0.5) is 4.79 Å². The standard InChI is InChI=1S/C18H26N6O3/c1-12(2)11-24-17(27)19-16(26)18(24)6-9-22(10-7-18)15(25)14-21-20-13-5-3-4-8-23(13)14/h12H,3-11H2,1-2H3,(H,19,26,27). The number of amides is 4. The molecule has 0 atom stereocenters. The van der Waals surface area contributed by atoms with Crippen LogP contribution in [0.3, 0.4) is 0 Å². The van der Waals surface area contributed by atoms with E-state index in [1.54, 1.807) is 9.80 Å². The first-order valence-electron chi connectivity index (χ1n) is 9.77. The molecular formula is C18H26N6O3. The van der Waals surface area contributed by atoms with Gasteiger partial charge in [-0.15, -0.1) is 10.2 Å². The summed E-state index contributed by atoms with van der Waals surface area (Å²) >= 11 is 0. The Bertz CT molecular complexity index is 778. The number of hydrogen-bond acceptors (Lipinski definition) is 5. The number of imide groups is 1. The topological polar surface area (TPSA) is 100 Å². The van der Waals surface area contributed by atoms with E-state index in [0.717, 1.165) is 31.6 Å². The van der Waals surface area contributed by atoms with Gasteiger partial charge in [0, 0.05) is 32.6 Å². The molecule has 146 valence electrons. The number of likely N-dealkylation sites (tertiary alicyclic amines) is 1. The smallest absolute Gasteiger partial charge is 0.325 e. The lowest BCUT2D eigenvalue weighted by atomic mass is 9.85. The van der Waals surface area contributed by atoms with Crippen molar-refractivity contribution in [2.45, 2.75) is 58.0 Å². The summed E-state index contributed by atoms with van der Waals surface area (Å²) in [5, 5.41) is 10.7. The molecule has 1 aromatic heterocycles. The second kappa shape index (κ2) is 6.61. The van der Waals surface area contributed by atoms with Gasteiger partial charge in [0.25, 0.3) is 11.8 Å². The molecule has 0 bridgehead atoms. The molecule has 4 heterocycles. The van der Waals surface area contributed by atoms with Crippen LogP contribution in [-0.2, 0) is 17.8 Å². The maximum atomic E-state index is 13.0. The van der Waals surface area contributed by atoms with E-state index in [1.165, 1.54) is 0 Å². The zero-order valence-corrected chi connectivity index (χ0v) is 15.9. The lowest BCUT2D eigenvalue weighted by molar-refractivity contribution is -0.129. The first kappa shape index (κ1) is 17.9. The minimum Gasteiger partial charge on any atom is -0.336 e. The van der Waals surface area contributed by atoms with Gasteiger partial charge in [0.15, 0.2) is 0 Å². The number of piperidine rings is 1. The molecular weight excluding hydrogens is 348 g/mol. The van der Waals surface area contributed by atoms with Gasteiger partial charge in [-0.05, 0) is 31.6 Å². The van der Waals surface area contributed by atoms with Gasteiger partial charge in [0.2, 0.25) is 5.82 Å². The van der Waals surface area contributed by atoms with Gasteiger partial charge in [0.05, 0.1) is 0 Å². The Morgan fingerprint density at radius 3 is 2.59 bits per heavy atom. The Kier molecular flexibility index (Phi) is 4.39. The van der Waals surface area contributed by atoms with Crippen LogP contribution in [0, 0.1) is 5.92 Å². The zero-order chi connectivity index (χ0) is 19.2. The molecule has 0 unspecified atom stereocenters. The van der Waals surface area contributed by atoms with Crippen LogP contribution in [-0.4, -0.2) is 67.6 Å². The van der Waals surface area contributed by atoms with E-state index in [-0.39, 0.29) is 23.8 Å². The van der Waals surface area contributed by atoms with Crippen molar-refractivity contribution in [2.75, 3.05) is 19.6 Å². The number of fused-ring (bicyclic) bond motifs is 1. The fourth-order valence-corrected chi connectivity index (χ4v) is 4.41. The summed E-state index contributed by atoms with van der Waals surface area (Å²) in [6.07, 6.45) is 3.86. The van der Waals surface area contributed by atoms with E-state index in [4.69, 9.17) is 0 Å². The summed E-state index contributed by atoms with van der Waals surface area (Å²) in [5.74, 6) is 1.17. The molecule has 9 heteroatoms. The predicted octanol–water partition coefficient (Wildman–Crippen LogP) is 0.797. The summed E-state index contributed by atoms with van der Waals surface area (Å²) in [6, 6.07) is -0.319. The Morgan fingerprint density at radius 1 is 1.15 bits per heavy atom. The van der Waals surface area contributed by atoms with Gasteiger partial charge in [0.1, 0.15) is 11.4 Å². The molecule has 2 fully saturated rings. The highest BCUT2D eigenvalue weighted by Gasteiger charge is 2.54. The lowest BCUT2D eigenvalue weighted by Gasteiger charge is -2.42. The monoisotopic (exact) mass is 374 g/mol. The first-order valence-corrected chi connectivity index (χ1v) is 9.77. The van der Waals surface area contributed by atoms with Crippen LogP contribution in [0.2, 0.25) is 0 Å². The average molecular weight is 374 g/mol. The number of carbonyl (C=O) groups excluding carboxylic acids is 3. The molecule has 27 heavy (non-hydrogen) atoms. The molecule has 1 N–H and O–H groups in total. The van der Waals surface area contributed by atoms with Crippen molar-refractivity contribution in [3.8, 4) is 0 Å². The number of rotatable bonds is 3. The van der Waals surface area contributed by atoms with E-state index >= 15 is 0 Å². The van der Waals surface area contributed by atoms with Crippen LogP contribution in [0.5, 0.6) is 0 Å². The first-order chi connectivity index (χ1) is 12.9. The van der Waals surface area contributed by atoms with E-state index in [0.29, 0.717) is 38.3 Å². The quantitative estimate of drug-likeness (QED) is 0.789. The number of nitrogens with zero attached hydrogens (tertiary/aromatic N) is 5. The zero-order valence-electron chi connectivity index (χ0n) is 15.9. The minimum atomic E-state index is -0.831. The predicted molar refractivity (Wildman–Crippen MR) is 95.9 cm³/mol. The molecule has 4 rings (SSSR count). The van der Waals surface area contributed by atoms with Crippen LogP contribution in [0.25, 0.3) is 0 Å². The van der Waals surface area contributed by atoms with E-state index in [9.17, 15) is 14.4 Å². The fraction of sp³-hybridized carbons (Fsp3) is 0.722. The van der Waals surface area contributed by atoms with Gasteiger partial charge in [-0.3, -0.25) is 14.9 Å². The highest BCUT2D eigenvalue weighted by atomic mass is 16.2. The molecule has 0 aliphatic carbocycles. The Balaban J connectivity index is 1.50. The van der Waals surface area contributed by atoms with Gasteiger partial charge in [-0.25, -0.2) is 4.79 Å². The molecule has 0 saturated carbocycles. The molecule has 3 aliphatic heterocycles. The molecule has 2 saturated heterocycles. The Hall–Kier alpha value is -2.45. The Morgan fingerprint density at radius 2 is 1.89 bits per heavy atom. The highest BCUT2D eigenvalue weighted by molar-refractivity contribution is 6.07. The van der Waals surface area contributed by atoms with Crippen molar-refractivity contribution in [1.82, 2.24) is 29.9 Å². The summed E-state index contributed by atoms with van der Waals surface area (Å²) < 4.78 is 1.92. The highest BCUT2D eigenvalue weighted by Crippen LogP contribution is 2.34. The third-order valence-corrected chi connectivity index (χ3v) is 5.88. The largest absolute Gasteiger partial charge is 0.336 e. The second-order valence-electron chi connectivity index (χ2n) is 8.14. The van der Waals surface area contributed by atoms with Crippen molar-refractivity contribution < 1.29 is 14.4 Å². The van der Waals surface area contributed by atoms with Gasteiger partial charge in [-0.1, -0.05) is 13.8 Å². The van der Waals surface area contributed by atoms with Crippen molar-refractivity contribution in [2.24, 2.45) is 5.92 Å². The van der Waals surface area contributed by atoms with Crippen LogP contribution in [0.15, 0.2) is 0 Å². The summed E-state index contributed by atoms with van der Waals surface area (Å²) in [7, 11) is 0. The molecule has 1 spiro atoms. The fourth-order valence-electron chi connectivity index (χ4n) is 4.41. The van der Waals surface area contributed by atoms with E-state index in [2.05, 4.69) is 15.5 Å². The van der Waals surface area contributed by atoms with Crippen molar-refractivity contribution in [3.63, 3.8) is 0 Å². The van der Waals surface area contributed by atoms with Crippen molar-refractivity contribution >= 4 is 17.8 Å². The van der Waals surface area contributed by atoms with E-state index < -0.39 is 5.54 Å². The number of nitrogens with one attached hydrogen (secondary N) is 1. The van der Waals surface area contributed by atoms with Crippen molar-refractivity contribution in [1.29, 1.82) is 0 Å². The maximum absolute atomic E-state index is 13.0. The molecule has 3 aliphatic rings. The number of aromatic nitrogens is 3. The summed E-state index contributed by atoms with van der Waals surface area (Å²) in [6.45, 7) is 6.21. The maximum Gasteiger partial charge on any atom is 0.325 e. The molecule has 1 aromatic rings. The number of urea groups is 1. The lowest BCUT2D eigenvalue weighted by Crippen LogP contribution is -2.58. The van der Waals surface area contributed by atoms with Gasteiger partial charge < -0.3 is 14.4 Å². The Labute approximate surface area is 158 Å². The number of hydrogen-bond donors (Lipinski definition) is 1. The van der Waals surface area contributed by atoms with Crippen LogP contribution >= 0.6 is 0 Å². The van der Waals surface area contributed by atoms with Crippen LogP contribution in [0.1, 0.15) is 56.0 Å². The summed E-state index contributed by atoms with van der Waals surface area (Å²) in [4.78, 5) is 41.2. The second-order valence-corrected chi connectivity index (χ2v) is 8.14. The molecule has 0 radical (unpaired) electrons. The SMILES string of the molecule is CC(C)CN1C(=O)NC(=O)C12CCN(C(=O)c1nnc3n1CCCC3)CC2. The average Bonchev–Trinajstić information content (AvgIpc) is 3.17. The van der Waals surface area contributed by atoms with Gasteiger partial charge >= 0.3 is 6.03 Å². The third kappa shape index (κ3) is 2.89. The summed E-state index contributed by atoms with van der Waals surface area (Å²) in [5.41, 5.74) is -0.831. The molecule has 4 amide bonds. The normalized spacial score (nSPS) is 21.7. The van der Waals surface area contributed by atoms with Crippen molar-refractivity contribution in [3.05, 3.63) is 11.6 Å². The van der Waals surface area contributed by atoms with Crippen LogP contribution < -0.4 is 5.32 Å².